The van der Waals surface area contributed by atoms with Crippen molar-refractivity contribution in [3.8, 4) is 33.6 Å². The summed E-state index contributed by atoms with van der Waals surface area (Å²) in [5.74, 6) is 0.479. The molecule has 5 aromatic rings. The van der Waals surface area contributed by atoms with Crippen LogP contribution in [-0.2, 0) is 17.3 Å². The Kier molecular flexibility index (Phi) is 7.16. The fourth-order valence-electron chi connectivity index (χ4n) is 5.56. The highest BCUT2D eigenvalue weighted by atomic mass is 14.7. The standard InChI is InChI=1S/C37H42N2/c1-25(2)33-19-20-34(39-33)30-16-12-11-15-28(30)23-37(6,7)32-18-17-27(26-13-9-8-10-14-26)21-31(32)35-22-29(24-38-35)36(3,4)5/h8-22,24-25,38-39H,23H2,1-7H3. The molecule has 2 nitrogen and oxygen atoms in total. The number of benzene rings is 3. The van der Waals surface area contributed by atoms with Crippen LogP contribution in [0.15, 0.2) is 97.2 Å². The SMILES string of the molecule is CC(C)c1ccc(-c2ccccc2CC(C)(C)c2ccc(-c3ccccc3)cc2-c2cc(C(C)(C)C)c[nH]2)[nH]1. The van der Waals surface area contributed by atoms with Gasteiger partial charge in [0.25, 0.3) is 0 Å². The van der Waals surface area contributed by atoms with E-state index in [1.165, 1.54) is 56.0 Å². The summed E-state index contributed by atoms with van der Waals surface area (Å²) in [5.41, 5.74) is 12.7. The fraction of sp³-hybridized carbons (Fsp3) is 0.297. The van der Waals surface area contributed by atoms with Crippen LogP contribution in [0, 0.1) is 0 Å². The van der Waals surface area contributed by atoms with Crippen molar-refractivity contribution in [3.63, 3.8) is 0 Å². The minimum atomic E-state index is -0.0961. The Morgan fingerprint density at radius 2 is 1.38 bits per heavy atom. The van der Waals surface area contributed by atoms with Crippen LogP contribution in [0.3, 0.4) is 0 Å². The van der Waals surface area contributed by atoms with E-state index in [2.05, 4.69) is 156 Å². The third-order valence-corrected chi connectivity index (χ3v) is 7.97. The lowest BCUT2D eigenvalue weighted by Gasteiger charge is -2.29. The lowest BCUT2D eigenvalue weighted by molar-refractivity contribution is 0.524. The highest BCUT2D eigenvalue weighted by Gasteiger charge is 2.28. The summed E-state index contributed by atoms with van der Waals surface area (Å²) >= 11 is 0. The molecular weight excluding hydrogens is 472 g/mol. The Morgan fingerprint density at radius 3 is 2.05 bits per heavy atom. The van der Waals surface area contributed by atoms with Gasteiger partial charge in [-0.25, -0.2) is 0 Å². The fourth-order valence-corrected chi connectivity index (χ4v) is 5.56. The van der Waals surface area contributed by atoms with Crippen molar-refractivity contribution in [1.82, 2.24) is 9.97 Å². The van der Waals surface area contributed by atoms with E-state index in [-0.39, 0.29) is 10.8 Å². The molecule has 2 N–H and O–H groups in total. The monoisotopic (exact) mass is 514 g/mol. The van der Waals surface area contributed by atoms with Crippen LogP contribution in [0.2, 0.25) is 0 Å². The molecule has 0 amide bonds. The number of nitrogens with one attached hydrogen (secondary N) is 2. The summed E-state index contributed by atoms with van der Waals surface area (Å²) in [6.45, 7) is 16.0. The van der Waals surface area contributed by atoms with Crippen molar-refractivity contribution in [3.05, 3.63) is 120 Å². The molecule has 39 heavy (non-hydrogen) atoms. The molecule has 200 valence electrons. The molecule has 3 aromatic carbocycles. The van der Waals surface area contributed by atoms with E-state index in [0.717, 1.165) is 6.42 Å². The van der Waals surface area contributed by atoms with Gasteiger partial charge in [-0.3, -0.25) is 0 Å². The second kappa shape index (κ2) is 10.4. The molecule has 0 aliphatic rings. The maximum atomic E-state index is 3.67. The molecule has 2 heteroatoms. The number of rotatable bonds is 7. The number of aromatic amines is 2. The van der Waals surface area contributed by atoms with Gasteiger partial charge in [0.2, 0.25) is 0 Å². The van der Waals surface area contributed by atoms with Gasteiger partial charge in [0.05, 0.1) is 0 Å². The van der Waals surface area contributed by atoms with Crippen LogP contribution < -0.4 is 0 Å². The zero-order valence-electron chi connectivity index (χ0n) is 24.5. The molecule has 0 aliphatic carbocycles. The predicted molar refractivity (Wildman–Crippen MR) is 167 cm³/mol. The van der Waals surface area contributed by atoms with Crippen molar-refractivity contribution in [1.29, 1.82) is 0 Å². The predicted octanol–water partition coefficient (Wildman–Crippen LogP) is 10.3. The van der Waals surface area contributed by atoms with E-state index in [1.807, 2.05) is 0 Å². The molecule has 0 unspecified atom stereocenters. The van der Waals surface area contributed by atoms with Crippen LogP contribution >= 0.6 is 0 Å². The largest absolute Gasteiger partial charge is 0.361 e. The molecule has 5 rings (SSSR count). The van der Waals surface area contributed by atoms with Crippen LogP contribution in [0.5, 0.6) is 0 Å². The maximum absolute atomic E-state index is 3.67. The molecule has 2 heterocycles. The lowest BCUT2D eigenvalue weighted by Crippen LogP contribution is -2.22. The van der Waals surface area contributed by atoms with Gasteiger partial charge in [-0.05, 0) is 75.3 Å². The van der Waals surface area contributed by atoms with Gasteiger partial charge in [-0.15, -0.1) is 0 Å². The number of aromatic nitrogens is 2. The zero-order chi connectivity index (χ0) is 27.8. The third-order valence-electron chi connectivity index (χ3n) is 7.97. The zero-order valence-corrected chi connectivity index (χ0v) is 24.5. The van der Waals surface area contributed by atoms with Crippen molar-refractivity contribution in [2.24, 2.45) is 0 Å². The van der Waals surface area contributed by atoms with Gasteiger partial charge in [-0.2, -0.15) is 0 Å². The summed E-state index contributed by atoms with van der Waals surface area (Å²) in [5, 5.41) is 0. The Labute approximate surface area is 234 Å². The summed E-state index contributed by atoms with van der Waals surface area (Å²) in [7, 11) is 0. The summed E-state index contributed by atoms with van der Waals surface area (Å²) in [6.07, 6.45) is 3.11. The molecule has 0 fully saturated rings. The van der Waals surface area contributed by atoms with Gasteiger partial charge >= 0.3 is 0 Å². The number of hydrogen-bond acceptors (Lipinski definition) is 0. The summed E-state index contributed by atoms with van der Waals surface area (Å²) < 4.78 is 0. The molecule has 0 atom stereocenters. The first kappa shape index (κ1) is 26.8. The van der Waals surface area contributed by atoms with Gasteiger partial charge in [0.1, 0.15) is 0 Å². The van der Waals surface area contributed by atoms with Crippen LogP contribution in [0.25, 0.3) is 33.6 Å². The van der Waals surface area contributed by atoms with Crippen molar-refractivity contribution < 1.29 is 0 Å². The van der Waals surface area contributed by atoms with E-state index in [4.69, 9.17) is 0 Å². The van der Waals surface area contributed by atoms with E-state index in [9.17, 15) is 0 Å². The number of H-pyrrole nitrogens is 2. The second-order valence-corrected chi connectivity index (χ2v) is 12.9. The highest BCUT2D eigenvalue weighted by Crippen LogP contribution is 2.40. The van der Waals surface area contributed by atoms with Gasteiger partial charge in [-0.1, -0.05) is 115 Å². The van der Waals surface area contributed by atoms with Crippen LogP contribution in [-0.4, -0.2) is 9.97 Å². The molecule has 0 aliphatic heterocycles. The van der Waals surface area contributed by atoms with Crippen LogP contribution in [0.1, 0.15) is 76.8 Å². The average molecular weight is 515 g/mol. The molecule has 0 saturated heterocycles. The minimum Gasteiger partial charge on any atom is -0.361 e. The quantitative estimate of drug-likeness (QED) is 0.216. The lowest BCUT2D eigenvalue weighted by atomic mass is 9.75. The smallest absolute Gasteiger partial charge is 0.0460 e. The molecular formula is C37H42N2. The topological polar surface area (TPSA) is 31.6 Å². The average Bonchev–Trinajstić information content (AvgIpc) is 3.60. The number of hydrogen-bond donors (Lipinski definition) is 2. The Hall–Kier alpha value is -3.78. The van der Waals surface area contributed by atoms with E-state index >= 15 is 0 Å². The van der Waals surface area contributed by atoms with Crippen LogP contribution in [0.4, 0.5) is 0 Å². The molecule has 0 radical (unpaired) electrons. The molecule has 2 aromatic heterocycles. The van der Waals surface area contributed by atoms with Gasteiger partial charge < -0.3 is 9.97 Å². The molecule has 0 bridgehead atoms. The Bertz CT molecular complexity index is 1550. The van der Waals surface area contributed by atoms with E-state index in [1.54, 1.807) is 0 Å². The van der Waals surface area contributed by atoms with E-state index < -0.39 is 0 Å². The van der Waals surface area contributed by atoms with Crippen molar-refractivity contribution >= 4 is 0 Å². The van der Waals surface area contributed by atoms with Crippen molar-refractivity contribution in [2.45, 2.75) is 71.6 Å². The van der Waals surface area contributed by atoms with E-state index in [0.29, 0.717) is 5.92 Å². The normalized spacial score (nSPS) is 12.3. The minimum absolute atomic E-state index is 0.0886. The second-order valence-electron chi connectivity index (χ2n) is 12.9. The first-order chi connectivity index (χ1) is 18.5. The first-order valence-electron chi connectivity index (χ1n) is 14.2. The molecule has 0 saturated carbocycles. The third kappa shape index (κ3) is 5.66. The Balaban J connectivity index is 1.59. The highest BCUT2D eigenvalue weighted by molar-refractivity contribution is 5.76. The van der Waals surface area contributed by atoms with Crippen molar-refractivity contribution in [2.75, 3.05) is 0 Å². The Morgan fingerprint density at radius 1 is 0.667 bits per heavy atom. The van der Waals surface area contributed by atoms with Gasteiger partial charge in [0.15, 0.2) is 0 Å². The van der Waals surface area contributed by atoms with Gasteiger partial charge in [0, 0.05) is 34.4 Å². The maximum Gasteiger partial charge on any atom is 0.0460 e. The summed E-state index contributed by atoms with van der Waals surface area (Å²) in [4.78, 5) is 7.30. The molecule has 0 spiro atoms. The summed E-state index contributed by atoms with van der Waals surface area (Å²) in [6, 6.07) is 33.3. The first-order valence-corrected chi connectivity index (χ1v) is 14.2.